The molecule has 4 aromatic rings. The van der Waals surface area contributed by atoms with Gasteiger partial charge in [-0.05, 0) is 35.9 Å². The van der Waals surface area contributed by atoms with Gasteiger partial charge in [0.05, 0.1) is 17.4 Å². The van der Waals surface area contributed by atoms with E-state index in [9.17, 15) is 24.0 Å². The van der Waals surface area contributed by atoms with E-state index in [0.717, 1.165) is 0 Å². The summed E-state index contributed by atoms with van der Waals surface area (Å²) in [4.78, 5) is 16.2. The Balaban J connectivity index is 1.44. The van der Waals surface area contributed by atoms with Crippen molar-refractivity contribution in [3.05, 3.63) is 82.4 Å². The van der Waals surface area contributed by atoms with Crippen LogP contribution in [0, 0.1) is 16.5 Å². The van der Waals surface area contributed by atoms with E-state index in [2.05, 4.69) is 20.8 Å². The number of nitrogens with zero attached hydrogens (tertiary/aromatic N) is 4. The lowest BCUT2D eigenvalue weighted by Crippen LogP contribution is -2.41. The van der Waals surface area contributed by atoms with Gasteiger partial charge < -0.3 is 20.8 Å². The number of nitrogens with two attached hydrogens (primary N) is 1. The van der Waals surface area contributed by atoms with Gasteiger partial charge in [-0.2, -0.15) is 14.0 Å². The van der Waals surface area contributed by atoms with Crippen molar-refractivity contribution in [2.75, 3.05) is 17.6 Å². The van der Waals surface area contributed by atoms with Crippen LogP contribution in [0.4, 0.5) is 20.4 Å². The van der Waals surface area contributed by atoms with Gasteiger partial charge in [0.1, 0.15) is 17.5 Å². The third kappa shape index (κ3) is 5.09. The van der Waals surface area contributed by atoms with Crippen LogP contribution < -0.4 is 21.1 Å². The van der Waals surface area contributed by atoms with Crippen LogP contribution in [0.1, 0.15) is 22.5 Å². The van der Waals surface area contributed by atoms with Gasteiger partial charge in [0.2, 0.25) is 5.91 Å². The molecular weight excluding hydrogens is 460 g/mol. The van der Waals surface area contributed by atoms with Gasteiger partial charge in [-0.15, -0.1) is 0 Å². The molecule has 0 bridgehead atoms. The number of benzene rings is 1. The summed E-state index contributed by atoms with van der Waals surface area (Å²) in [5, 5.41) is 31.5. The molecule has 10 nitrogen and oxygen atoms in total. The number of hydrogen-bond acceptors (Lipinski definition) is 8. The summed E-state index contributed by atoms with van der Waals surface area (Å²) < 4.78 is 34.2. The number of anilines is 2. The molecule has 12 heteroatoms. The van der Waals surface area contributed by atoms with E-state index in [4.69, 9.17) is 10.3 Å². The number of carbonyl (C=O) groups excluding carboxylic acids is 1. The molecule has 1 amide bonds. The number of hydrogen-bond donors (Lipinski definition) is 3. The minimum Gasteiger partial charge on any atom is -0.710 e. The number of nitrogens with one attached hydrogen (secondary N) is 2. The Morgan fingerprint density at radius 3 is 2.83 bits per heavy atom. The monoisotopic (exact) mass is 479 g/mol. The smallest absolute Gasteiger partial charge is 0.325 e. The van der Waals surface area contributed by atoms with Crippen molar-refractivity contribution >= 4 is 28.5 Å². The first-order valence-electron chi connectivity index (χ1n) is 10.4. The van der Waals surface area contributed by atoms with Crippen LogP contribution in [0.15, 0.2) is 59.3 Å². The van der Waals surface area contributed by atoms with Gasteiger partial charge in [-0.3, -0.25) is 15.1 Å². The molecule has 0 saturated heterocycles. The van der Waals surface area contributed by atoms with Gasteiger partial charge in [0, 0.05) is 18.8 Å². The van der Waals surface area contributed by atoms with Gasteiger partial charge in [0.15, 0.2) is 17.9 Å². The summed E-state index contributed by atoms with van der Waals surface area (Å²) in [6.45, 7) is -0.789. The molecule has 0 radical (unpaired) electrons. The van der Waals surface area contributed by atoms with E-state index in [1.807, 2.05) is 6.07 Å². The van der Waals surface area contributed by atoms with Gasteiger partial charge >= 0.3 is 5.92 Å². The van der Waals surface area contributed by atoms with Crippen LogP contribution in [0.5, 0.6) is 0 Å². The number of carbonyl (C=O) groups is 1. The maximum absolute atomic E-state index is 14.4. The number of aromatic nitrogens is 3. The van der Waals surface area contributed by atoms with E-state index in [1.54, 1.807) is 18.2 Å². The second-order valence-electron chi connectivity index (χ2n) is 7.61. The standard InChI is InChI=1S/C23H19F2N7O3/c24-23(25,19-3-1-2-8-28-19)13-30-20-7-5-15(11-26)17(32(20)34)10-21(33)29-12-14-4-6-16-18(9-14)35-31-22(16)27/h1-9,30H,10,12-13H2,(H2,27,31)(H,29,33). The fraction of sp³-hybridized carbons (Fsp3) is 0.174. The quantitative estimate of drug-likeness (QED) is 0.257. The number of amides is 1. The Labute approximate surface area is 197 Å². The molecule has 4 N–H and O–H groups in total. The summed E-state index contributed by atoms with van der Waals surface area (Å²) in [6, 6.07) is 13.6. The lowest BCUT2D eigenvalue weighted by atomic mass is 10.1. The van der Waals surface area contributed by atoms with Crippen LogP contribution >= 0.6 is 0 Å². The number of pyridine rings is 2. The Hall–Kier alpha value is -4.79. The predicted octanol–water partition coefficient (Wildman–Crippen LogP) is 2.37. The third-order valence-corrected chi connectivity index (χ3v) is 5.22. The molecule has 0 unspecified atom stereocenters. The van der Waals surface area contributed by atoms with E-state index >= 15 is 0 Å². The lowest BCUT2D eigenvalue weighted by Gasteiger charge is -2.18. The van der Waals surface area contributed by atoms with Crippen LogP contribution in [-0.2, 0) is 23.7 Å². The van der Waals surface area contributed by atoms with E-state index in [1.165, 1.54) is 36.5 Å². The van der Waals surface area contributed by atoms with Crippen molar-refractivity contribution in [2.45, 2.75) is 18.9 Å². The van der Waals surface area contributed by atoms with Crippen molar-refractivity contribution in [1.82, 2.24) is 15.5 Å². The first-order chi connectivity index (χ1) is 16.8. The Bertz CT molecular complexity index is 1420. The molecule has 0 saturated carbocycles. The highest BCUT2D eigenvalue weighted by atomic mass is 19.3. The summed E-state index contributed by atoms with van der Waals surface area (Å²) in [7, 11) is 0. The molecule has 1 aromatic carbocycles. The van der Waals surface area contributed by atoms with E-state index < -0.39 is 30.5 Å². The maximum atomic E-state index is 14.4. The Morgan fingerprint density at radius 2 is 2.09 bits per heavy atom. The van der Waals surface area contributed by atoms with Crippen LogP contribution in [-0.4, -0.2) is 22.6 Å². The second-order valence-corrected chi connectivity index (χ2v) is 7.61. The fourth-order valence-corrected chi connectivity index (χ4v) is 3.38. The molecule has 0 spiro atoms. The van der Waals surface area contributed by atoms with Crippen molar-refractivity contribution in [3.63, 3.8) is 0 Å². The van der Waals surface area contributed by atoms with E-state index in [0.29, 0.717) is 16.5 Å². The minimum absolute atomic E-state index is 0.0456. The predicted molar refractivity (Wildman–Crippen MR) is 121 cm³/mol. The molecule has 4 rings (SSSR count). The second kappa shape index (κ2) is 9.60. The summed E-state index contributed by atoms with van der Waals surface area (Å²) in [5.41, 5.74) is 6.17. The molecule has 3 heterocycles. The van der Waals surface area contributed by atoms with Gasteiger partial charge in [0.25, 0.3) is 5.82 Å². The van der Waals surface area contributed by atoms with Gasteiger partial charge in [-0.25, -0.2) is 4.73 Å². The molecule has 0 aliphatic rings. The SMILES string of the molecule is N#Cc1ccc(NCC(F)(F)c2ccccn2)[n+]([O-])c1CC(=O)NCc1ccc2c(N)noc2c1. The number of fused-ring (bicyclic) bond motifs is 1. The average Bonchev–Trinajstić information content (AvgIpc) is 3.23. The van der Waals surface area contributed by atoms with Crippen molar-refractivity contribution in [2.24, 2.45) is 0 Å². The molecule has 0 aliphatic carbocycles. The van der Waals surface area contributed by atoms with Gasteiger partial charge in [-0.1, -0.05) is 17.3 Å². The zero-order valence-electron chi connectivity index (χ0n) is 18.2. The average molecular weight is 479 g/mol. The fourth-order valence-electron chi connectivity index (χ4n) is 3.38. The zero-order chi connectivity index (χ0) is 25.0. The normalized spacial score (nSPS) is 11.2. The highest BCUT2D eigenvalue weighted by Crippen LogP contribution is 2.26. The summed E-state index contributed by atoms with van der Waals surface area (Å²) in [6.07, 6.45) is 0.810. The van der Waals surface area contributed by atoms with Crippen molar-refractivity contribution in [1.29, 1.82) is 5.26 Å². The Kier molecular flexibility index (Phi) is 6.41. The number of alkyl halides is 2. The highest BCUT2D eigenvalue weighted by molar-refractivity contribution is 5.87. The number of nitriles is 1. The Morgan fingerprint density at radius 1 is 1.26 bits per heavy atom. The summed E-state index contributed by atoms with van der Waals surface area (Å²) in [5.74, 6) is -3.87. The molecule has 0 aliphatic heterocycles. The topological polar surface area (TPSA) is 157 Å². The van der Waals surface area contributed by atoms with Crippen LogP contribution in [0.25, 0.3) is 11.0 Å². The molecule has 178 valence electrons. The first kappa shape index (κ1) is 23.4. The molecule has 3 aromatic heterocycles. The lowest BCUT2D eigenvalue weighted by molar-refractivity contribution is -0.598. The number of nitrogen functional groups attached to an aromatic ring is 1. The molecular formula is C23H19F2N7O3. The molecule has 35 heavy (non-hydrogen) atoms. The van der Waals surface area contributed by atoms with Crippen LogP contribution in [0.2, 0.25) is 0 Å². The molecule has 0 fully saturated rings. The number of rotatable bonds is 8. The maximum Gasteiger partial charge on any atom is 0.325 e. The summed E-state index contributed by atoms with van der Waals surface area (Å²) >= 11 is 0. The largest absolute Gasteiger partial charge is 0.710 e. The zero-order valence-corrected chi connectivity index (χ0v) is 18.2. The third-order valence-electron chi connectivity index (χ3n) is 5.22. The van der Waals surface area contributed by atoms with Crippen molar-refractivity contribution < 1.29 is 22.8 Å². The minimum atomic E-state index is -3.35. The first-order valence-corrected chi connectivity index (χ1v) is 10.4. The molecule has 0 atom stereocenters. The highest BCUT2D eigenvalue weighted by Gasteiger charge is 2.35. The van der Waals surface area contributed by atoms with E-state index in [-0.39, 0.29) is 34.2 Å². The van der Waals surface area contributed by atoms with Crippen LogP contribution in [0.3, 0.4) is 0 Å². The van der Waals surface area contributed by atoms with Crippen molar-refractivity contribution in [3.8, 4) is 6.07 Å². The number of halogens is 2.